The normalized spacial score (nSPS) is 33.1. The number of carbonyl (C=O) groups is 1. The Morgan fingerprint density at radius 1 is 1.35 bits per heavy atom. The van der Waals surface area contributed by atoms with Crippen LogP contribution in [0.15, 0.2) is 0 Å². The predicted molar refractivity (Wildman–Crippen MR) is 66.8 cm³/mol. The first-order chi connectivity index (χ1) is 8.07. The highest BCUT2D eigenvalue weighted by molar-refractivity contribution is 5.82. The lowest BCUT2D eigenvalue weighted by Gasteiger charge is -2.36. The fourth-order valence-corrected chi connectivity index (χ4v) is 2.73. The molecule has 0 aromatic rings. The molecule has 2 saturated heterocycles. The zero-order valence-electron chi connectivity index (χ0n) is 10.9. The van der Waals surface area contributed by atoms with Gasteiger partial charge in [0, 0.05) is 12.6 Å². The van der Waals surface area contributed by atoms with Crippen molar-refractivity contribution in [3.63, 3.8) is 0 Å². The van der Waals surface area contributed by atoms with E-state index >= 15 is 0 Å². The van der Waals surface area contributed by atoms with Crippen LogP contribution in [0, 0.1) is 0 Å². The molecule has 2 N–H and O–H groups in total. The van der Waals surface area contributed by atoms with Gasteiger partial charge in [0.2, 0.25) is 5.91 Å². The number of piperidine rings is 1. The molecule has 0 spiro atoms. The van der Waals surface area contributed by atoms with E-state index < -0.39 is 0 Å². The number of carbonyl (C=O) groups excluding carboxylic acids is 1. The number of amides is 1. The molecule has 0 saturated carbocycles. The van der Waals surface area contributed by atoms with Gasteiger partial charge in [-0.1, -0.05) is 6.42 Å². The molecule has 1 amide bonds. The first kappa shape index (κ1) is 12.8. The van der Waals surface area contributed by atoms with E-state index in [1.54, 1.807) is 0 Å². The van der Waals surface area contributed by atoms with Crippen LogP contribution in [0.1, 0.15) is 46.0 Å². The highest BCUT2D eigenvalue weighted by Gasteiger charge is 2.31. The van der Waals surface area contributed by atoms with Crippen molar-refractivity contribution in [3.05, 3.63) is 0 Å². The van der Waals surface area contributed by atoms with Crippen molar-refractivity contribution in [1.82, 2.24) is 10.6 Å². The van der Waals surface area contributed by atoms with E-state index in [0.717, 1.165) is 38.8 Å². The molecular formula is C13H24N2O2. The van der Waals surface area contributed by atoms with Crippen LogP contribution in [0.3, 0.4) is 0 Å². The summed E-state index contributed by atoms with van der Waals surface area (Å²) in [6.45, 7) is 5.89. The molecule has 0 radical (unpaired) electrons. The fraction of sp³-hybridized carbons (Fsp3) is 0.923. The molecule has 2 heterocycles. The standard InChI is InChI=1S/C13H24N2O2/c1-13(2)9-10(6-8-17-13)15-12(16)11-5-3-4-7-14-11/h10-11,14H,3-9H2,1-2H3,(H,15,16). The molecule has 2 atom stereocenters. The van der Waals surface area contributed by atoms with E-state index in [0.29, 0.717) is 0 Å². The van der Waals surface area contributed by atoms with E-state index in [4.69, 9.17) is 4.74 Å². The monoisotopic (exact) mass is 240 g/mol. The number of ether oxygens (including phenoxy) is 1. The van der Waals surface area contributed by atoms with Gasteiger partial charge in [-0.05, 0) is 46.1 Å². The lowest BCUT2D eigenvalue weighted by atomic mass is 9.93. The Balaban J connectivity index is 1.81. The maximum atomic E-state index is 12.1. The Morgan fingerprint density at radius 2 is 2.18 bits per heavy atom. The molecule has 0 bridgehead atoms. The van der Waals surface area contributed by atoms with Crippen molar-refractivity contribution in [3.8, 4) is 0 Å². The average molecular weight is 240 g/mol. The summed E-state index contributed by atoms with van der Waals surface area (Å²) >= 11 is 0. The second-order valence-electron chi connectivity index (χ2n) is 5.81. The molecule has 0 aliphatic carbocycles. The van der Waals surface area contributed by atoms with Gasteiger partial charge >= 0.3 is 0 Å². The summed E-state index contributed by atoms with van der Waals surface area (Å²) in [4.78, 5) is 12.1. The number of hydrogen-bond acceptors (Lipinski definition) is 3. The van der Waals surface area contributed by atoms with Crippen LogP contribution in [0.2, 0.25) is 0 Å². The van der Waals surface area contributed by atoms with Crippen molar-refractivity contribution in [2.75, 3.05) is 13.2 Å². The van der Waals surface area contributed by atoms with Gasteiger partial charge in [-0.15, -0.1) is 0 Å². The molecule has 17 heavy (non-hydrogen) atoms. The van der Waals surface area contributed by atoms with Crippen LogP contribution in [0.4, 0.5) is 0 Å². The Morgan fingerprint density at radius 3 is 2.82 bits per heavy atom. The molecule has 4 heteroatoms. The average Bonchev–Trinajstić information content (AvgIpc) is 2.29. The van der Waals surface area contributed by atoms with Gasteiger partial charge in [0.05, 0.1) is 11.6 Å². The summed E-state index contributed by atoms with van der Waals surface area (Å²) in [5.41, 5.74) is -0.101. The second-order valence-corrected chi connectivity index (χ2v) is 5.81. The summed E-state index contributed by atoms with van der Waals surface area (Å²) in [6.07, 6.45) is 5.16. The van der Waals surface area contributed by atoms with E-state index in [2.05, 4.69) is 24.5 Å². The van der Waals surface area contributed by atoms with Crippen LogP contribution in [-0.4, -0.2) is 36.7 Å². The molecule has 2 aliphatic heterocycles. The van der Waals surface area contributed by atoms with Gasteiger partial charge in [-0.25, -0.2) is 0 Å². The maximum absolute atomic E-state index is 12.1. The van der Waals surface area contributed by atoms with Crippen molar-refractivity contribution >= 4 is 5.91 Å². The molecule has 2 fully saturated rings. The Bertz CT molecular complexity index is 273. The first-order valence-corrected chi connectivity index (χ1v) is 6.74. The summed E-state index contributed by atoms with van der Waals surface area (Å²) < 4.78 is 5.66. The summed E-state index contributed by atoms with van der Waals surface area (Å²) in [7, 11) is 0. The van der Waals surface area contributed by atoms with Gasteiger partial charge in [0.15, 0.2) is 0 Å². The van der Waals surface area contributed by atoms with Gasteiger partial charge in [0.25, 0.3) is 0 Å². The largest absolute Gasteiger partial charge is 0.375 e. The number of nitrogens with one attached hydrogen (secondary N) is 2. The molecule has 2 aliphatic rings. The summed E-state index contributed by atoms with van der Waals surface area (Å²) in [5, 5.41) is 6.45. The van der Waals surface area contributed by atoms with Crippen LogP contribution >= 0.6 is 0 Å². The summed E-state index contributed by atoms with van der Waals surface area (Å²) in [6, 6.07) is 0.296. The highest BCUT2D eigenvalue weighted by atomic mass is 16.5. The lowest BCUT2D eigenvalue weighted by molar-refractivity contribution is -0.126. The van der Waals surface area contributed by atoms with Crippen LogP contribution < -0.4 is 10.6 Å². The van der Waals surface area contributed by atoms with Gasteiger partial charge in [-0.3, -0.25) is 4.79 Å². The van der Waals surface area contributed by atoms with E-state index in [-0.39, 0.29) is 23.6 Å². The van der Waals surface area contributed by atoms with Crippen molar-refractivity contribution in [2.45, 2.75) is 63.6 Å². The van der Waals surface area contributed by atoms with E-state index in [9.17, 15) is 4.79 Å². The Labute approximate surface area is 103 Å². The first-order valence-electron chi connectivity index (χ1n) is 6.74. The minimum Gasteiger partial charge on any atom is -0.375 e. The Kier molecular flexibility index (Phi) is 4.05. The van der Waals surface area contributed by atoms with Crippen LogP contribution in [0.5, 0.6) is 0 Å². The molecule has 98 valence electrons. The third-order valence-corrected chi connectivity index (χ3v) is 3.67. The predicted octanol–water partition coefficient (Wildman–Crippen LogP) is 1.20. The minimum atomic E-state index is -0.101. The molecule has 4 nitrogen and oxygen atoms in total. The van der Waals surface area contributed by atoms with Crippen LogP contribution in [-0.2, 0) is 9.53 Å². The Hall–Kier alpha value is -0.610. The van der Waals surface area contributed by atoms with Crippen molar-refractivity contribution in [1.29, 1.82) is 0 Å². The quantitative estimate of drug-likeness (QED) is 0.762. The molecule has 2 unspecified atom stereocenters. The zero-order valence-corrected chi connectivity index (χ0v) is 10.9. The lowest BCUT2D eigenvalue weighted by Crippen LogP contribution is -2.52. The van der Waals surface area contributed by atoms with Gasteiger partial charge in [0.1, 0.15) is 0 Å². The fourth-order valence-electron chi connectivity index (χ4n) is 2.73. The molecule has 2 rings (SSSR count). The minimum absolute atomic E-state index is 0.0229. The third-order valence-electron chi connectivity index (χ3n) is 3.67. The van der Waals surface area contributed by atoms with Crippen molar-refractivity contribution < 1.29 is 9.53 Å². The molecular weight excluding hydrogens is 216 g/mol. The van der Waals surface area contributed by atoms with Crippen LogP contribution in [0.25, 0.3) is 0 Å². The number of hydrogen-bond donors (Lipinski definition) is 2. The van der Waals surface area contributed by atoms with Gasteiger partial charge in [-0.2, -0.15) is 0 Å². The van der Waals surface area contributed by atoms with Crippen molar-refractivity contribution in [2.24, 2.45) is 0 Å². The maximum Gasteiger partial charge on any atom is 0.237 e. The SMILES string of the molecule is CC1(C)CC(NC(=O)C2CCCCN2)CCO1. The summed E-state index contributed by atoms with van der Waals surface area (Å²) in [5.74, 6) is 0.174. The number of rotatable bonds is 2. The van der Waals surface area contributed by atoms with Gasteiger partial charge < -0.3 is 15.4 Å². The smallest absolute Gasteiger partial charge is 0.237 e. The zero-order chi connectivity index (χ0) is 12.3. The topological polar surface area (TPSA) is 50.4 Å². The van der Waals surface area contributed by atoms with E-state index in [1.807, 2.05) is 0 Å². The second kappa shape index (κ2) is 5.36. The van der Waals surface area contributed by atoms with E-state index in [1.165, 1.54) is 6.42 Å². The highest BCUT2D eigenvalue weighted by Crippen LogP contribution is 2.24. The third kappa shape index (κ3) is 3.68. The molecule has 0 aromatic heterocycles. The molecule has 0 aromatic carbocycles.